The number of thiophene rings is 1. The first-order valence-electron chi connectivity index (χ1n) is 7.66. The van der Waals surface area contributed by atoms with Crippen LogP contribution in [0.1, 0.15) is 0 Å². The second-order valence-electron chi connectivity index (χ2n) is 5.50. The molecule has 0 spiro atoms. The van der Waals surface area contributed by atoms with E-state index in [1.54, 1.807) is 29.6 Å². The van der Waals surface area contributed by atoms with Gasteiger partial charge >= 0.3 is 0 Å². The van der Waals surface area contributed by atoms with E-state index >= 15 is 0 Å². The zero-order chi connectivity index (χ0) is 19.0. The highest BCUT2D eigenvalue weighted by Gasteiger charge is 2.14. The van der Waals surface area contributed by atoms with Crippen molar-refractivity contribution in [2.24, 2.45) is 0 Å². The number of fused-ring (bicyclic) bond motifs is 1. The molecule has 0 fully saturated rings. The highest BCUT2D eigenvalue weighted by molar-refractivity contribution is 7.20. The van der Waals surface area contributed by atoms with Gasteiger partial charge in [-0.05, 0) is 18.2 Å². The van der Waals surface area contributed by atoms with Crippen molar-refractivity contribution < 1.29 is 4.79 Å². The fourth-order valence-corrected chi connectivity index (χ4v) is 4.76. The normalized spacial score (nSPS) is 11.0. The van der Waals surface area contributed by atoms with Gasteiger partial charge < -0.3 is 5.32 Å². The molecule has 27 heavy (non-hydrogen) atoms. The molecule has 4 rings (SSSR count). The third kappa shape index (κ3) is 3.74. The SMILES string of the molecule is O=C(Cn1c(=O)cnc2ccccc21)Nc1nc(-c2cc(Cl)sc2Cl)cs1. The van der Waals surface area contributed by atoms with E-state index in [1.165, 1.54) is 33.4 Å². The molecule has 3 aromatic heterocycles. The number of benzene rings is 1. The summed E-state index contributed by atoms with van der Waals surface area (Å²) in [5, 5.41) is 4.92. The topological polar surface area (TPSA) is 76.9 Å². The summed E-state index contributed by atoms with van der Waals surface area (Å²) in [7, 11) is 0. The summed E-state index contributed by atoms with van der Waals surface area (Å²) in [6, 6.07) is 8.88. The molecule has 0 aliphatic carbocycles. The first-order valence-corrected chi connectivity index (χ1v) is 10.1. The van der Waals surface area contributed by atoms with E-state index in [-0.39, 0.29) is 18.0 Å². The number of anilines is 1. The van der Waals surface area contributed by atoms with E-state index in [0.717, 1.165) is 5.56 Å². The Labute approximate surface area is 171 Å². The molecule has 0 unspecified atom stereocenters. The minimum atomic E-state index is -0.358. The van der Waals surface area contributed by atoms with Gasteiger partial charge in [0.05, 0.1) is 27.3 Å². The van der Waals surface area contributed by atoms with Crippen molar-refractivity contribution in [2.45, 2.75) is 6.54 Å². The summed E-state index contributed by atoms with van der Waals surface area (Å²) >= 11 is 14.6. The monoisotopic (exact) mass is 436 g/mol. The maximum atomic E-state index is 12.4. The Balaban J connectivity index is 1.55. The lowest BCUT2D eigenvalue weighted by Crippen LogP contribution is -2.27. The molecule has 10 heteroatoms. The van der Waals surface area contributed by atoms with Gasteiger partial charge in [-0.15, -0.1) is 22.7 Å². The summed E-state index contributed by atoms with van der Waals surface area (Å²) in [6.45, 7) is -0.137. The zero-order valence-electron chi connectivity index (χ0n) is 13.5. The number of carbonyl (C=O) groups is 1. The van der Waals surface area contributed by atoms with Crippen molar-refractivity contribution in [3.05, 3.63) is 60.9 Å². The molecule has 0 aliphatic rings. The molecule has 1 N–H and O–H groups in total. The number of halogens is 2. The van der Waals surface area contributed by atoms with Crippen molar-refractivity contribution in [2.75, 3.05) is 5.32 Å². The minimum absolute atomic E-state index is 0.137. The van der Waals surface area contributed by atoms with Crippen LogP contribution in [0, 0.1) is 0 Å². The van der Waals surface area contributed by atoms with Gasteiger partial charge in [-0.2, -0.15) is 0 Å². The average molecular weight is 437 g/mol. The standard InChI is InChI=1S/C17H10Cl2N4O2S2/c18-13-5-9(16(19)27-13)11-8-26-17(21-11)22-14(24)7-23-12-4-2-1-3-10(12)20-6-15(23)25/h1-6,8H,7H2,(H,21,22,24). The average Bonchev–Trinajstić information content (AvgIpc) is 3.23. The van der Waals surface area contributed by atoms with Crippen LogP contribution in [0.15, 0.2) is 46.7 Å². The van der Waals surface area contributed by atoms with E-state index in [1.807, 2.05) is 6.07 Å². The van der Waals surface area contributed by atoms with Crippen LogP contribution in [0.2, 0.25) is 8.67 Å². The highest BCUT2D eigenvalue weighted by Crippen LogP contribution is 2.38. The molecule has 0 radical (unpaired) electrons. The zero-order valence-corrected chi connectivity index (χ0v) is 16.6. The van der Waals surface area contributed by atoms with Crippen molar-refractivity contribution in [1.29, 1.82) is 0 Å². The summed E-state index contributed by atoms with van der Waals surface area (Å²) in [5.41, 5.74) is 2.25. The number of thiazole rings is 1. The number of rotatable bonds is 4. The molecular weight excluding hydrogens is 427 g/mol. The van der Waals surface area contributed by atoms with Crippen molar-refractivity contribution >= 4 is 67.9 Å². The Morgan fingerprint density at radius 1 is 1.26 bits per heavy atom. The van der Waals surface area contributed by atoms with Crippen LogP contribution >= 0.6 is 45.9 Å². The quantitative estimate of drug-likeness (QED) is 0.509. The number of carbonyl (C=O) groups excluding carboxylic acids is 1. The molecule has 0 aliphatic heterocycles. The molecule has 4 aromatic rings. The van der Waals surface area contributed by atoms with Gasteiger partial charge in [-0.25, -0.2) is 9.97 Å². The largest absolute Gasteiger partial charge is 0.300 e. The summed E-state index contributed by atoms with van der Waals surface area (Å²) < 4.78 is 2.48. The minimum Gasteiger partial charge on any atom is -0.300 e. The number of hydrogen-bond acceptors (Lipinski definition) is 6. The predicted octanol–water partition coefficient (Wildman–Crippen LogP) is 4.53. The van der Waals surface area contributed by atoms with Gasteiger partial charge in [0.15, 0.2) is 5.13 Å². The number of nitrogens with one attached hydrogen (secondary N) is 1. The molecule has 0 atom stereocenters. The van der Waals surface area contributed by atoms with Crippen molar-refractivity contribution in [1.82, 2.24) is 14.5 Å². The van der Waals surface area contributed by atoms with E-state index < -0.39 is 0 Å². The van der Waals surface area contributed by atoms with Gasteiger partial charge in [0.25, 0.3) is 5.56 Å². The maximum Gasteiger partial charge on any atom is 0.269 e. The summed E-state index contributed by atoms with van der Waals surface area (Å²) in [5.74, 6) is -0.358. The van der Waals surface area contributed by atoms with Gasteiger partial charge in [0, 0.05) is 10.9 Å². The fraction of sp³-hybridized carbons (Fsp3) is 0.0588. The molecule has 6 nitrogen and oxygen atoms in total. The van der Waals surface area contributed by atoms with Crippen LogP contribution in [0.4, 0.5) is 5.13 Å². The molecule has 1 aromatic carbocycles. The molecule has 0 saturated carbocycles. The highest BCUT2D eigenvalue weighted by atomic mass is 35.5. The Hall–Kier alpha value is -2.26. The van der Waals surface area contributed by atoms with Gasteiger partial charge in [0.1, 0.15) is 10.9 Å². The van der Waals surface area contributed by atoms with Gasteiger partial charge in [-0.3, -0.25) is 14.2 Å². The summed E-state index contributed by atoms with van der Waals surface area (Å²) in [6.07, 6.45) is 1.21. The van der Waals surface area contributed by atoms with Crippen LogP contribution in [-0.4, -0.2) is 20.4 Å². The van der Waals surface area contributed by atoms with Crippen LogP contribution in [0.3, 0.4) is 0 Å². The van der Waals surface area contributed by atoms with E-state index in [9.17, 15) is 9.59 Å². The van der Waals surface area contributed by atoms with Crippen LogP contribution in [0.25, 0.3) is 22.3 Å². The lowest BCUT2D eigenvalue weighted by Gasteiger charge is -2.08. The van der Waals surface area contributed by atoms with E-state index in [0.29, 0.717) is 30.5 Å². The molecule has 3 heterocycles. The maximum absolute atomic E-state index is 12.4. The van der Waals surface area contributed by atoms with Crippen molar-refractivity contribution in [3.63, 3.8) is 0 Å². The van der Waals surface area contributed by atoms with Crippen molar-refractivity contribution in [3.8, 4) is 11.3 Å². The Morgan fingerprint density at radius 3 is 2.85 bits per heavy atom. The lowest BCUT2D eigenvalue weighted by molar-refractivity contribution is -0.116. The number of para-hydroxylation sites is 2. The van der Waals surface area contributed by atoms with Gasteiger partial charge in [-0.1, -0.05) is 35.3 Å². The van der Waals surface area contributed by atoms with E-state index in [2.05, 4.69) is 15.3 Å². The molecular formula is C17H10Cl2N4O2S2. The number of hydrogen-bond donors (Lipinski definition) is 1. The Morgan fingerprint density at radius 2 is 2.07 bits per heavy atom. The number of amides is 1. The van der Waals surface area contributed by atoms with Crippen LogP contribution in [0.5, 0.6) is 0 Å². The first kappa shape index (κ1) is 18.1. The van der Waals surface area contributed by atoms with E-state index in [4.69, 9.17) is 23.2 Å². The number of aromatic nitrogens is 3. The third-order valence-electron chi connectivity index (χ3n) is 3.74. The lowest BCUT2D eigenvalue weighted by atomic mass is 10.3. The fourth-order valence-electron chi connectivity index (χ4n) is 2.55. The third-order valence-corrected chi connectivity index (χ3v) is 5.98. The first-order chi connectivity index (χ1) is 13.0. The van der Waals surface area contributed by atoms with Crippen LogP contribution in [-0.2, 0) is 11.3 Å². The Kier molecular flexibility index (Phi) is 4.96. The Bertz CT molecular complexity index is 1220. The molecule has 136 valence electrons. The molecule has 1 amide bonds. The second kappa shape index (κ2) is 7.40. The van der Waals surface area contributed by atoms with Gasteiger partial charge in [0.2, 0.25) is 5.91 Å². The summed E-state index contributed by atoms with van der Waals surface area (Å²) in [4.78, 5) is 33.0. The molecule has 0 saturated heterocycles. The second-order valence-corrected chi connectivity index (χ2v) is 8.64. The predicted molar refractivity (Wildman–Crippen MR) is 110 cm³/mol. The molecule has 0 bridgehead atoms. The number of nitrogens with zero attached hydrogens (tertiary/aromatic N) is 3. The van der Waals surface area contributed by atoms with Crippen LogP contribution < -0.4 is 10.9 Å². The smallest absolute Gasteiger partial charge is 0.269 e.